The minimum Gasteiger partial charge on any atom is -1.00 e. The summed E-state index contributed by atoms with van der Waals surface area (Å²) < 4.78 is 5.05. The fourth-order valence-corrected chi connectivity index (χ4v) is 13.1. The van der Waals surface area contributed by atoms with Crippen LogP contribution >= 0.6 is 0 Å². The Kier molecular flexibility index (Phi) is 8.46. The van der Waals surface area contributed by atoms with Gasteiger partial charge < -0.3 is 24.8 Å². The minimum atomic E-state index is -2.21. The summed E-state index contributed by atoms with van der Waals surface area (Å²) in [7, 11) is 0. The predicted molar refractivity (Wildman–Crippen MR) is 143 cm³/mol. The van der Waals surface area contributed by atoms with E-state index >= 15 is 0 Å². The van der Waals surface area contributed by atoms with Gasteiger partial charge in [-0.1, -0.05) is 0 Å². The molecule has 0 saturated heterocycles. The number of hydrogen-bond donors (Lipinski definition) is 0. The SMILES string of the molecule is C[C](C)=[Zr+2]([C]1=CC=CC1)[c]1c(-c2ccccc2)ccc2c1Cc1cc(-c3ccccc3)ccc1-2.[Cl-].[Cl-]. The number of allylic oxidation sites excluding steroid dienone is 4. The Morgan fingerprint density at radius 3 is 1.94 bits per heavy atom. The van der Waals surface area contributed by atoms with Crippen LogP contribution in [0.5, 0.6) is 0 Å². The summed E-state index contributed by atoms with van der Waals surface area (Å²) in [6, 6.07) is 33.7. The van der Waals surface area contributed by atoms with Crippen molar-refractivity contribution < 1.29 is 46.1 Å². The molecule has 0 aromatic heterocycles. The van der Waals surface area contributed by atoms with Crippen molar-refractivity contribution >= 4 is 6.48 Å². The second kappa shape index (κ2) is 11.4. The van der Waals surface area contributed by atoms with Crippen LogP contribution in [0.1, 0.15) is 31.4 Å². The van der Waals surface area contributed by atoms with Crippen molar-refractivity contribution in [3.05, 3.63) is 124 Å². The van der Waals surface area contributed by atoms with Gasteiger partial charge in [-0.05, 0) is 0 Å². The largest absolute Gasteiger partial charge is 1.00 e. The molecule has 3 heteroatoms. The molecule has 0 heterocycles. The number of benzene rings is 4. The van der Waals surface area contributed by atoms with Gasteiger partial charge in [0, 0.05) is 0 Å². The Morgan fingerprint density at radius 1 is 0.667 bits per heavy atom. The van der Waals surface area contributed by atoms with Crippen molar-refractivity contribution in [1.29, 1.82) is 0 Å². The van der Waals surface area contributed by atoms with Crippen LogP contribution in [0.4, 0.5) is 0 Å². The predicted octanol–water partition coefficient (Wildman–Crippen LogP) is 1.90. The standard InChI is InChI=1S/C25H17.C5H5.C3H6.2ClH.Zr/c1-3-7-18(8-4-1)20-11-13-24-22(15-20)17-23-16-21(12-14-25(23)24)19-9-5-2-6-10-19;1-2-4-5-3-1;1-3-2;;;/h1-15H,17H2;1-3H,4H2;1-2H3;2*1H;/q;;;;;+2/p-2. The van der Waals surface area contributed by atoms with Gasteiger partial charge in [-0.3, -0.25) is 0 Å². The molecule has 36 heavy (non-hydrogen) atoms. The van der Waals surface area contributed by atoms with Gasteiger partial charge in [-0.2, -0.15) is 0 Å². The second-order valence-electron chi connectivity index (χ2n) is 9.49. The molecule has 0 bridgehead atoms. The van der Waals surface area contributed by atoms with E-state index in [1.165, 1.54) is 38.9 Å². The average molecular weight is 587 g/mol. The Balaban J connectivity index is 0.00000152. The molecule has 0 saturated carbocycles. The van der Waals surface area contributed by atoms with Gasteiger partial charge in [0.15, 0.2) is 0 Å². The monoisotopic (exact) mass is 584 g/mol. The van der Waals surface area contributed by atoms with Crippen LogP contribution in [-0.2, 0) is 27.7 Å². The maximum Gasteiger partial charge on any atom is -1.00 e. The molecule has 2 aliphatic carbocycles. The molecule has 2 aliphatic rings. The third-order valence-corrected chi connectivity index (χ3v) is 14.7. The van der Waals surface area contributed by atoms with Crippen molar-refractivity contribution in [1.82, 2.24) is 0 Å². The third kappa shape index (κ3) is 4.82. The smallest absolute Gasteiger partial charge is 1.00 e. The maximum atomic E-state index is 2.43. The van der Waals surface area contributed by atoms with Crippen molar-refractivity contribution in [3.8, 4) is 33.4 Å². The molecule has 4 aromatic carbocycles. The first-order chi connectivity index (χ1) is 16.7. The number of rotatable bonds is 4. The molecule has 0 atom stereocenters. The van der Waals surface area contributed by atoms with Crippen LogP contribution in [-0.4, -0.2) is 3.21 Å². The minimum absolute atomic E-state index is 0. The molecule has 0 spiro atoms. The molecule has 0 unspecified atom stereocenters. The van der Waals surface area contributed by atoms with Gasteiger partial charge in [-0.15, -0.1) is 0 Å². The zero-order valence-corrected chi connectivity index (χ0v) is 24.5. The number of hydrogen-bond acceptors (Lipinski definition) is 0. The fourth-order valence-electron chi connectivity index (χ4n) is 5.60. The molecule has 0 aliphatic heterocycles. The molecule has 0 fully saturated rings. The molecule has 0 nitrogen and oxygen atoms in total. The van der Waals surface area contributed by atoms with E-state index in [0.29, 0.717) is 0 Å². The van der Waals surface area contributed by atoms with Crippen LogP contribution in [0.25, 0.3) is 33.4 Å². The van der Waals surface area contributed by atoms with Crippen LogP contribution in [0, 0.1) is 0 Å². The van der Waals surface area contributed by atoms with Crippen LogP contribution in [0.2, 0.25) is 0 Å². The van der Waals surface area contributed by atoms with E-state index in [1.807, 2.05) is 0 Å². The summed E-state index contributed by atoms with van der Waals surface area (Å²) in [5.74, 6) is 0. The van der Waals surface area contributed by atoms with Gasteiger partial charge in [0.1, 0.15) is 0 Å². The van der Waals surface area contributed by atoms with Crippen LogP contribution in [0.3, 0.4) is 0 Å². The van der Waals surface area contributed by atoms with E-state index in [0.717, 1.165) is 12.8 Å². The van der Waals surface area contributed by atoms with Crippen molar-refractivity contribution in [3.63, 3.8) is 0 Å². The zero-order valence-electron chi connectivity index (χ0n) is 20.6. The summed E-state index contributed by atoms with van der Waals surface area (Å²) in [6.45, 7) is 4.77. The Labute approximate surface area is 234 Å². The summed E-state index contributed by atoms with van der Waals surface area (Å²) in [4.78, 5) is 0. The molecule has 6 rings (SSSR count). The number of halogens is 2. The Morgan fingerprint density at radius 2 is 1.31 bits per heavy atom. The van der Waals surface area contributed by atoms with Gasteiger partial charge in [0.05, 0.1) is 0 Å². The Hall–Kier alpha value is -2.31. The Bertz CT molecular complexity index is 1490. The fraction of sp³-hybridized carbons (Fsp3) is 0.121. The average Bonchev–Trinajstić information content (AvgIpc) is 3.53. The van der Waals surface area contributed by atoms with Gasteiger partial charge >= 0.3 is 211 Å². The van der Waals surface area contributed by atoms with E-state index in [9.17, 15) is 0 Å². The first kappa shape index (κ1) is 26.7. The van der Waals surface area contributed by atoms with Crippen molar-refractivity contribution in [2.24, 2.45) is 0 Å². The first-order valence-corrected chi connectivity index (χ1v) is 15.8. The van der Waals surface area contributed by atoms with E-state index in [-0.39, 0.29) is 24.8 Å². The molecule has 0 radical (unpaired) electrons. The normalized spacial score (nSPS) is 12.4. The third-order valence-electron chi connectivity index (χ3n) is 7.11. The van der Waals surface area contributed by atoms with Gasteiger partial charge in [0.2, 0.25) is 0 Å². The summed E-state index contributed by atoms with van der Waals surface area (Å²) in [5.41, 5.74) is 11.4. The van der Waals surface area contributed by atoms with E-state index < -0.39 is 21.3 Å². The summed E-state index contributed by atoms with van der Waals surface area (Å²) >= 11 is -2.21. The number of fused-ring (bicyclic) bond motifs is 3. The van der Waals surface area contributed by atoms with Crippen molar-refractivity contribution in [2.45, 2.75) is 26.7 Å². The van der Waals surface area contributed by atoms with E-state index in [4.69, 9.17) is 0 Å². The maximum absolute atomic E-state index is 2.43. The first-order valence-electron chi connectivity index (χ1n) is 12.1. The van der Waals surface area contributed by atoms with Crippen LogP contribution in [0.15, 0.2) is 113 Å². The van der Waals surface area contributed by atoms with Crippen molar-refractivity contribution in [2.75, 3.05) is 0 Å². The molecule has 0 N–H and O–H groups in total. The molecule has 178 valence electrons. The van der Waals surface area contributed by atoms with Gasteiger partial charge in [0.25, 0.3) is 0 Å². The zero-order chi connectivity index (χ0) is 23.1. The molecular weight excluding hydrogens is 558 g/mol. The van der Waals surface area contributed by atoms with Crippen LogP contribution < -0.4 is 28.1 Å². The quantitative estimate of drug-likeness (QED) is 0.302. The van der Waals surface area contributed by atoms with E-state index in [2.05, 4.69) is 123 Å². The van der Waals surface area contributed by atoms with Gasteiger partial charge in [-0.25, -0.2) is 0 Å². The van der Waals surface area contributed by atoms with E-state index in [1.54, 1.807) is 15.3 Å². The summed E-state index contributed by atoms with van der Waals surface area (Å²) in [6.07, 6.45) is 9.20. The topological polar surface area (TPSA) is 0 Å². The molecular formula is C33H28Cl2Zr. The second-order valence-corrected chi connectivity index (χ2v) is 16.6. The summed E-state index contributed by atoms with van der Waals surface area (Å²) in [5, 5.41) is 0. The molecule has 0 amide bonds. The molecule has 4 aromatic rings.